The molecule has 0 saturated heterocycles. The van der Waals surface area contributed by atoms with Crippen molar-refractivity contribution in [3.8, 4) is 5.69 Å². The Morgan fingerprint density at radius 2 is 2.10 bits per heavy atom. The van der Waals surface area contributed by atoms with Crippen LogP contribution in [0.2, 0.25) is 0 Å². The summed E-state index contributed by atoms with van der Waals surface area (Å²) in [6.45, 7) is 3.72. The highest BCUT2D eigenvalue weighted by molar-refractivity contribution is 7.99. The van der Waals surface area contributed by atoms with Crippen molar-refractivity contribution >= 4 is 33.3 Å². The average molecular weight is 300 g/mol. The molecule has 0 fully saturated rings. The predicted molar refractivity (Wildman–Crippen MR) is 86.1 cm³/mol. The molecule has 5 heteroatoms. The van der Waals surface area contributed by atoms with Gasteiger partial charge in [-0.15, -0.1) is 17.9 Å². The molecule has 3 rings (SSSR count). The molecule has 0 aliphatic carbocycles. The van der Waals surface area contributed by atoms with Gasteiger partial charge in [-0.3, -0.25) is 9.36 Å². The summed E-state index contributed by atoms with van der Waals surface area (Å²) in [4.78, 5) is 18.1. The smallest absolute Gasteiger partial charge is 0.267 e. The van der Waals surface area contributed by atoms with Crippen molar-refractivity contribution < 1.29 is 0 Å². The maximum atomic E-state index is 12.7. The fourth-order valence-corrected chi connectivity index (χ4v) is 3.48. The number of nitrogens with zero attached hydrogens (tertiary/aromatic N) is 2. The molecule has 3 nitrogen and oxygen atoms in total. The molecule has 0 aliphatic heterocycles. The van der Waals surface area contributed by atoms with Gasteiger partial charge in [-0.25, -0.2) is 4.98 Å². The van der Waals surface area contributed by atoms with E-state index in [2.05, 4.69) is 11.6 Å². The molecule has 0 unspecified atom stereocenters. The second-order valence-corrected chi connectivity index (χ2v) is 5.99. The maximum absolute atomic E-state index is 12.7. The molecule has 0 atom stereocenters. The Bertz CT molecular complexity index is 806. The van der Waals surface area contributed by atoms with Crippen LogP contribution in [0.15, 0.2) is 64.4 Å². The van der Waals surface area contributed by atoms with E-state index in [1.54, 1.807) is 4.57 Å². The lowest BCUT2D eigenvalue weighted by atomic mass is 10.3. The van der Waals surface area contributed by atoms with Gasteiger partial charge in [0.25, 0.3) is 5.56 Å². The summed E-state index contributed by atoms with van der Waals surface area (Å²) < 4.78 is 1.67. The third kappa shape index (κ3) is 2.30. The summed E-state index contributed by atoms with van der Waals surface area (Å²) in [5, 5.41) is 3.27. The number of fused-ring (bicyclic) bond motifs is 1. The topological polar surface area (TPSA) is 34.9 Å². The van der Waals surface area contributed by atoms with E-state index in [0.29, 0.717) is 10.5 Å². The molecule has 0 N–H and O–H groups in total. The number of thioether (sulfide) groups is 1. The number of hydrogen-bond donors (Lipinski definition) is 0. The molecule has 2 aromatic heterocycles. The lowest BCUT2D eigenvalue weighted by molar-refractivity contribution is 0.824. The first-order valence-corrected chi connectivity index (χ1v) is 7.97. The minimum absolute atomic E-state index is 0.0194. The van der Waals surface area contributed by atoms with E-state index in [-0.39, 0.29) is 5.56 Å². The zero-order valence-electron chi connectivity index (χ0n) is 10.7. The van der Waals surface area contributed by atoms with Crippen LogP contribution in [-0.4, -0.2) is 15.3 Å². The van der Waals surface area contributed by atoms with Crippen molar-refractivity contribution in [2.75, 3.05) is 5.75 Å². The van der Waals surface area contributed by atoms with E-state index in [4.69, 9.17) is 0 Å². The number of hydrogen-bond acceptors (Lipinski definition) is 4. The first-order valence-electron chi connectivity index (χ1n) is 6.10. The molecule has 0 saturated carbocycles. The number of thiophene rings is 1. The summed E-state index contributed by atoms with van der Waals surface area (Å²) in [6.07, 6.45) is 1.81. The number of aromatic nitrogens is 2. The molecule has 100 valence electrons. The Kier molecular flexibility index (Phi) is 3.71. The van der Waals surface area contributed by atoms with Crippen LogP contribution in [0.4, 0.5) is 0 Å². The molecule has 0 bridgehead atoms. The number of rotatable bonds is 4. The molecule has 0 radical (unpaired) electrons. The van der Waals surface area contributed by atoms with E-state index in [0.717, 1.165) is 16.3 Å². The molecular weight excluding hydrogens is 288 g/mol. The Labute approximate surface area is 124 Å². The molecule has 1 aromatic carbocycles. The van der Waals surface area contributed by atoms with Gasteiger partial charge in [-0.1, -0.05) is 36.0 Å². The zero-order valence-corrected chi connectivity index (χ0v) is 12.3. The van der Waals surface area contributed by atoms with E-state index in [9.17, 15) is 4.79 Å². The summed E-state index contributed by atoms with van der Waals surface area (Å²) in [5.74, 6) is 0.718. The molecule has 0 amide bonds. The summed E-state index contributed by atoms with van der Waals surface area (Å²) >= 11 is 3.00. The molecule has 0 spiro atoms. The van der Waals surface area contributed by atoms with Crippen LogP contribution in [0.25, 0.3) is 15.9 Å². The zero-order chi connectivity index (χ0) is 13.9. The van der Waals surface area contributed by atoms with E-state index < -0.39 is 0 Å². The standard InChI is InChI=1S/C15H12N2OS2/c1-2-9-20-15-16-13-12(8-10-19-13)14(18)17(15)11-6-4-3-5-7-11/h2-8,10H,1,9H2. The Balaban J connectivity index is 2.28. The fourth-order valence-electron chi connectivity index (χ4n) is 1.93. The van der Waals surface area contributed by atoms with E-state index >= 15 is 0 Å². The molecule has 2 heterocycles. The third-order valence-electron chi connectivity index (χ3n) is 2.81. The third-order valence-corrected chi connectivity index (χ3v) is 4.55. The largest absolute Gasteiger partial charge is 0.268 e. The average Bonchev–Trinajstić information content (AvgIpc) is 2.95. The maximum Gasteiger partial charge on any atom is 0.267 e. The quantitative estimate of drug-likeness (QED) is 0.418. The first kappa shape index (κ1) is 13.1. The van der Waals surface area contributed by atoms with Crippen LogP contribution in [-0.2, 0) is 0 Å². The minimum atomic E-state index is -0.0194. The van der Waals surface area contributed by atoms with Crippen LogP contribution < -0.4 is 5.56 Å². The van der Waals surface area contributed by atoms with Crippen molar-refractivity contribution in [1.82, 2.24) is 9.55 Å². The predicted octanol–water partition coefficient (Wildman–Crippen LogP) is 3.73. The summed E-state index contributed by atoms with van der Waals surface area (Å²) in [5.41, 5.74) is 0.818. The Morgan fingerprint density at radius 3 is 2.85 bits per heavy atom. The molecular formula is C15H12N2OS2. The van der Waals surface area contributed by atoms with Crippen molar-refractivity contribution in [3.05, 3.63) is 64.8 Å². The van der Waals surface area contributed by atoms with Gasteiger partial charge in [0, 0.05) is 5.75 Å². The molecule has 0 aliphatic rings. The SMILES string of the molecule is C=CCSc1nc2sccc2c(=O)n1-c1ccccc1. The van der Waals surface area contributed by atoms with Gasteiger partial charge in [-0.05, 0) is 23.6 Å². The van der Waals surface area contributed by atoms with E-state index in [1.165, 1.54) is 23.1 Å². The van der Waals surface area contributed by atoms with Crippen LogP contribution in [0.1, 0.15) is 0 Å². The van der Waals surface area contributed by atoms with Crippen molar-refractivity contribution in [2.45, 2.75) is 5.16 Å². The van der Waals surface area contributed by atoms with Crippen LogP contribution >= 0.6 is 23.1 Å². The number of benzene rings is 1. The Morgan fingerprint density at radius 1 is 1.30 bits per heavy atom. The monoisotopic (exact) mass is 300 g/mol. The number of para-hydroxylation sites is 1. The van der Waals surface area contributed by atoms with Gasteiger partial charge in [0.15, 0.2) is 5.16 Å². The lowest BCUT2D eigenvalue weighted by Gasteiger charge is -2.11. The summed E-state index contributed by atoms with van der Waals surface area (Å²) in [6, 6.07) is 11.4. The lowest BCUT2D eigenvalue weighted by Crippen LogP contribution is -2.21. The second-order valence-electron chi connectivity index (χ2n) is 4.11. The first-order chi connectivity index (χ1) is 9.81. The van der Waals surface area contributed by atoms with Gasteiger partial charge in [0.1, 0.15) is 4.83 Å². The highest BCUT2D eigenvalue weighted by Gasteiger charge is 2.13. The van der Waals surface area contributed by atoms with Gasteiger partial charge in [0.2, 0.25) is 0 Å². The molecule has 3 aromatic rings. The van der Waals surface area contributed by atoms with Crippen molar-refractivity contribution in [2.24, 2.45) is 0 Å². The van der Waals surface area contributed by atoms with Crippen LogP contribution in [0.5, 0.6) is 0 Å². The van der Waals surface area contributed by atoms with Crippen molar-refractivity contribution in [3.63, 3.8) is 0 Å². The van der Waals surface area contributed by atoms with Crippen LogP contribution in [0.3, 0.4) is 0 Å². The Hall–Kier alpha value is -1.85. The highest BCUT2D eigenvalue weighted by atomic mass is 32.2. The van der Waals surface area contributed by atoms with Gasteiger partial charge < -0.3 is 0 Å². The van der Waals surface area contributed by atoms with E-state index in [1.807, 2.05) is 47.9 Å². The van der Waals surface area contributed by atoms with Gasteiger partial charge >= 0.3 is 0 Å². The second kappa shape index (κ2) is 5.64. The normalized spacial score (nSPS) is 10.8. The molecule has 20 heavy (non-hydrogen) atoms. The summed E-state index contributed by atoms with van der Waals surface area (Å²) in [7, 11) is 0. The minimum Gasteiger partial charge on any atom is -0.268 e. The highest BCUT2D eigenvalue weighted by Crippen LogP contribution is 2.23. The van der Waals surface area contributed by atoms with Gasteiger partial charge in [-0.2, -0.15) is 0 Å². The van der Waals surface area contributed by atoms with Crippen molar-refractivity contribution in [1.29, 1.82) is 0 Å². The fraction of sp³-hybridized carbons (Fsp3) is 0.0667. The van der Waals surface area contributed by atoms with Gasteiger partial charge in [0.05, 0.1) is 11.1 Å². The van der Waals surface area contributed by atoms with Crippen LogP contribution in [0, 0.1) is 0 Å².